The third kappa shape index (κ3) is 5.33. The molecule has 0 heterocycles. The molecular formula is C16H20ClFN2O2S. The molecule has 0 atom stereocenters. The van der Waals surface area contributed by atoms with Crippen LogP contribution in [0.5, 0.6) is 0 Å². The normalized spacial score (nSPS) is 10.3. The van der Waals surface area contributed by atoms with Gasteiger partial charge in [-0.05, 0) is 12.1 Å². The summed E-state index contributed by atoms with van der Waals surface area (Å²) < 4.78 is 18.9. The fourth-order valence-electron chi connectivity index (χ4n) is 1.50. The number of carbonyl (C=O) groups excluding carboxylic acids is 1. The van der Waals surface area contributed by atoms with Crippen LogP contribution in [0, 0.1) is 5.82 Å². The lowest BCUT2D eigenvalue weighted by Crippen LogP contribution is -2.12. The molecule has 0 aromatic heterocycles. The Morgan fingerprint density at radius 2 is 2.09 bits per heavy atom. The first-order valence-corrected chi connectivity index (χ1v) is 7.49. The highest BCUT2D eigenvalue weighted by molar-refractivity contribution is 7.80. The number of ether oxygens (including phenoxy) is 1. The fraction of sp³-hybridized carbons (Fsp3) is 0.188. The van der Waals surface area contributed by atoms with Crippen molar-refractivity contribution < 1.29 is 13.9 Å². The van der Waals surface area contributed by atoms with E-state index in [0.29, 0.717) is 0 Å². The van der Waals surface area contributed by atoms with Crippen LogP contribution < -0.4 is 11.1 Å². The minimum atomic E-state index is -0.837. The van der Waals surface area contributed by atoms with Gasteiger partial charge in [-0.1, -0.05) is 44.7 Å². The van der Waals surface area contributed by atoms with Gasteiger partial charge >= 0.3 is 5.97 Å². The number of benzene rings is 1. The van der Waals surface area contributed by atoms with Gasteiger partial charge < -0.3 is 15.8 Å². The third-order valence-corrected chi connectivity index (χ3v) is 3.10. The quantitative estimate of drug-likeness (QED) is 0.308. The van der Waals surface area contributed by atoms with Crippen LogP contribution in [0.2, 0.25) is 0 Å². The largest absolute Gasteiger partial charge is 0.465 e. The molecule has 0 aliphatic heterocycles. The number of halogens is 2. The van der Waals surface area contributed by atoms with Gasteiger partial charge in [-0.25, -0.2) is 9.18 Å². The van der Waals surface area contributed by atoms with Crippen LogP contribution in [-0.4, -0.2) is 13.1 Å². The molecule has 3 N–H and O–H groups in total. The highest BCUT2D eigenvalue weighted by Crippen LogP contribution is 2.33. The summed E-state index contributed by atoms with van der Waals surface area (Å²) in [4.78, 5) is 11.9. The first kappa shape index (κ1) is 21.1. The highest BCUT2D eigenvalue weighted by Gasteiger charge is 2.21. The van der Waals surface area contributed by atoms with Crippen molar-refractivity contribution in [1.82, 2.24) is 0 Å². The molecule has 0 saturated heterocycles. The number of nitrogen functional groups attached to an aromatic ring is 1. The van der Waals surface area contributed by atoms with Gasteiger partial charge in [0.05, 0.1) is 34.8 Å². The van der Waals surface area contributed by atoms with E-state index in [9.17, 15) is 9.18 Å². The van der Waals surface area contributed by atoms with Crippen LogP contribution in [0.25, 0.3) is 0 Å². The smallest absolute Gasteiger partial charge is 0.340 e. The minimum Gasteiger partial charge on any atom is -0.465 e. The minimum absolute atomic E-state index is 0.0675. The second-order valence-electron chi connectivity index (χ2n) is 3.88. The van der Waals surface area contributed by atoms with E-state index in [1.165, 1.54) is 25.3 Å². The molecule has 0 unspecified atom stereocenters. The molecule has 1 aromatic carbocycles. The number of hydrogen-bond acceptors (Lipinski definition) is 5. The van der Waals surface area contributed by atoms with Crippen LogP contribution in [0.15, 0.2) is 47.0 Å². The van der Waals surface area contributed by atoms with Gasteiger partial charge in [0.15, 0.2) is 5.82 Å². The summed E-state index contributed by atoms with van der Waals surface area (Å²) in [6, 6.07) is 1.30. The predicted octanol–water partition coefficient (Wildman–Crippen LogP) is 4.74. The summed E-state index contributed by atoms with van der Waals surface area (Å²) in [6.45, 7) is 11.1. The van der Waals surface area contributed by atoms with Crippen LogP contribution in [0.4, 0.5) is 15.8 Å². The summed E-state index contributed by atoms with van der Waals surface area (Å²) in [7, 11) is 1.18. The van der Waals surface area contributed by atoms with E-state index in [0.717, 1.165) is 0 Å². The topological polar surface area (TPSA) is 64.3 Å². The summed E-state index contributed by atoms with van der Waals surface area (Å²) in [5.74, 6) is -1.58. The zero-order valence-corrected chi connectivity index (χ0v) is 14.9. The van der Waals surface area contributed by atoms with Gasteiger partial charge in [-0.2, -0.15) is 0 Å². The monoisotopic (exact) mass is 358 g/mol. The number of methoxy groups -OCH3 is 1. The summed E-state index contributed by atoms with van der Waals surface area (Å²) in [6.07, 6.45) is 2.91. The number of carbonyl (C=O) groups is 1. The maximum absolute atomic E-state index is 14.3. The van der Waals surface area contributed by atoms with Crippen LogP contribution in [0.3, 0.4) is 0 Å². The van der Waals surface area contributed by atoms with E-state index < -0.39 is 11.8 Å². The van der Waals surface area contributed by atoms with E-state index in [1.54, 1.807) is 0 Å². The Kier molecular flexibility index (Phi) is 9.14. The Bertz CT molecular complexity index is 645. The molecule has 1 aromatic rings. The Morgan fingerprint density at radius 3 is 2.52 bits per heavy atom. The second kappa shape index (κ2) is 9.97. The van der Waals surface area contributed by atoms with Crippen molar-refractivity contribution in [2.45, 2.75) is 18.7 Å². The lowest BCUT2D eigenvalue weighted by molar-refractivity contribution is 0.0601. The molecule has 0 saturated carbocycles. The Balaban J connectivity index is 0.00000232. The van der Waals surface area contributed by atoms with Crippen LogP contribution >= 0.6 is 24.2 Å². The Hall–Kier alpha value is -1.92. The average molecular weight is 359 g/mol. The van der Waals surface area contributed by atoms with E-state index in [4.69, 9.17) is 17.3 Å². The van der Waals surface area contributed by atoms with Crippen molar-refractivity contribution in [3.8, 4) is 0 Å². The molecule has 0 aliphatic rings. The number of thiol groups is 1. The number of rotatable bonds is 5. The van der Waals surface area contributed by atoms with Gasteiger partial charge in [0.1, 0.15) is 0 Å². The SMILES string of the molecule is C=C/C=C(/Nc1c(C(=O)OC)cc(S)c(N)c1F)C(=C)Cl.CC. The summed E-state index contributed by atoms with van der Waals surface area (Å²) in [5, 5.41) is 2.78. The van der Waals surface area contributed by atoms with Crippen molar-refractivity contribution in [2.24, 2.45) is 0 Å². The molecule has 4 nitrogen and oxygen atoms in total. The fourth-order valence-corrected chi connectivity index (χ4v) is 1.84. The molecular weight excluding hydrogens is 339 g/mol. The van der Waals surface area contributed by atoms with E-state index in [-0.39, 0.29) is 32.6 Å². The standard InChI is InChI=1S/C14H14ClFN2O2S.C2H6/c1-4-5-9(7(2)15)18-13-8(14(19)20-3)6-10(21)12(17)11(13)16;1-2/h4-6,18,21H,1-2,17H2,3H3;1-2H3/b9-5+;. The molecule has 0 spiro atoms. The Morgan fingerprint density at radius 1 is 1.52 bits per heavy atom. The molecule has 0 aliphatic carbocycles. The van der Waals surface area contributed by atoms with Crippen molar-refractivity contribution in [1.29, 1.82) is 0 Å². The molecule has 126 valence electrons. The maximum Gasteiger partial charge on any atom is 0.340 e. The van der Waals surface area contributed by atoms with Crippen molar-refractivity contribution in [3.05, 3.63) is 53.5 Å². The molecule has 23 heavy (non-hydrogen) atoms. The zero-order valence-electron chi connectivity index (χ0n) is 13.2. The second-order valence-corrected chi connectivity index (χ2v) is 4.82. The van der Waals surface area contributed by atoms with Gasteiger partial charge in [0.2, 0.25) is 0 Å². The van der Waals surface area contributed by atoms with E-state index >= 15 is 0 Å². The first-order chi connectivity index (χ1) is 10.8. The zero-order chi connectivity index (χ0) is 18.2. The third-order valence-electron chi connectivity index (χ3n) is 2.52. The number of nitrogens with one attached hydrogen (secondary N) is 1. The molecule has 0 fully saturated rings. The van der Waals surface area contributed by atoms with Gasteiger partial charge in [0, 0.05) is 4.90 Å². The van der Waals surface area contributed by atoms with Gasteiger partial charge in [0.25, 0.3) is 0 Å². The average Bonchev–Trinajstić information content (AvgIpc) is 2.55. The molecule has 0 amide bonds. The number of allylic oxidation sites excluding steroid dienone is 3. The highest BCUT2D eigenvalue weighted by atomic mass is 35.5. The van der Waals surface area contributed by atoms with Crippen LogP contribution in [-0.2, 0) is 4.74 Å². The number of nitrogens with two attached hydrogens (primary N) is 1. The molecule has 0 radical (unpaired) electrons. The molecule has 7 heteroatoms. The first-order valence-electron chi connectivity index (χ1n) is 6.67. The Labute approximate surface area is 146 Å². The van der Waals surface area contributed by atoms with E-state index in [2.05, 4.69) is 35.8 Å². The predicted molar refractivity (Wildman–Crippen MR) is 97.6 cm³/mol. The lowest BCUT2D eigenvalue weighted by Gasteiger charge is -2.16. The van der Waals surface area contributed by atoms with Crippen molar-refractivity contribution >= 4 is 41.6 Å². The van der Waals surface area contributed by atoms with Crippen LogP contribution in [0.1, 0.15) is 24.2 Å². The molecule has 1 rings (SSSR count). The maximum atomic E-state index is 14.3. The molecule has 0 bridgehead atoms. The van der Waals surface area contributed by atoms with Crippen molar-refractivity contribution in [3.63, 3.8) is 0 Å². The number of anilines is 2. The van der Waals surface area contributed by atoms with Crippen molar-refractivity contribution in [2.75, 3.05) is 18.2 Å². The van der Waals surface area contributed by atoms with Gasteiger partial charge in [-0.15, -0.1) is 12.6 Å². The lowest BCUT2D eigenvalue weighted by atomic mass is 10.1. The summed E-state index contributed by atoms with van der Waals surface area (Å²) in [5.41, 5.74) is 5.40. The number of esters is 1. The number of hydrogen-bond donors (Lipinski definition) is 3. The van der Waals surface area contributed by atoms with Gasteiger partial charge in [-0.3, -0.25) is 0 Å². The summed E-state index contributed by atoms with van der Waals surface area (Å²) >= 11 is 9.82. The van der Waals surface area contributed by atoms with E-state index in [1.807, 2.05) is 13.8 Å².